The number of rotatable bonds is 5. The molecule has 1 aliphatic heterocycles. The molecule has 0 bridgehead atoms. The van der Waals surface area contributed by atoms with Crippen LogP contribution < -0.4 is 5.46 Å². The van der Waals surface area contributed by atoms with Gasteiger partial charge in [0.05, 0.1) is 16.6 Å². The Morgan fingerprint density at radius 3 is 2.51 bits per heavy atom. The number of nitrogens with zero attached hydrogens (tertiary/aromatic N) is 2. The van der Waals surface area contributed by atoms with Crippen molar-refractivity contribution >= 4 is 54.1 Å². The number of carbonyl (C=O) groups is 2. The van der Waals surface area contributed by atoms with E-state index < -0.39 is 11.7 Å². The molecular weight excluding hydrogens is 482 g/mol. The first-order valence-electron chi connectivity index (χ1n) is 11.8. The van der Waals surface area contributed by atoms with Crippen molar-refractivity contribution in [2.45, 2.75) is 58.2 Å². The van der Waals surface area contributed by atoms with Crippen molar-refractivity contribution in [3.05, 3.63) is 69.2 Å². The Bertz CT molecular complexity index is 1170. The van der Waals surface area contributed by atoms with Gasteiger partial charge in [-0.25, -0.2) is 4.79 Å². The highest BCUT2D eigenvalue weighted by Crippen LogP contribution is 2.36. The summed E-state index contributed by atoms with van der Waals surface area (Å²) in [5.41, 5.74) is 3.19. The molecule has 1 aliphatic carbocycles. The molecule has 2 aromatic carbocycles. The minimum atomic E-state index is -0.623. The first kappa shape index (κ1) is 25.7. The molecule has 5 nitrogen and oxygen atoms in total. The molecule has 0 N–H and O–H groups in total. The van der Waals surface area contributed by atoms with E-state index in [0.717, 1.165) is 29.5 Å². The Morgan fingerprint density at radius 2 is 1.86 bits per heavy atom. The highest BCUT2D eigenvalue weighted by Gasteiger charge is 2.38. The summed E-state index contributed by atoms with van der Waals surface area (Å²) in [7, 11) is 6.05. The third-order valence-corrected chi connectivity index (χ3v) is 6.97. The van der Waals surface area contributed by atoms with Crippen LogP contribution in [0.5, 0.6) is 0 Å². The van der Waals surface area contributed by atoms with E-state index in [4.69, 9.17) is 35.8 Å². The zero-order valence-electron chi connectivity index (χ0n) is 20.3. The van der Waals surface area contributed by atoms with Crippen molar-refractivity contribution in [2.24, 2.45) is 0 Å². The molecule has 182 valence electrons. The third-order valence-electron chi connectivity index (χ3n) is 6.11. The SMILES string of the molecule is [B]c1cccc(C2=C(C(=O)N(Cc3cccc(Cl)c3Cl)C3CC3)CN(C(=O)OC(C)(C)C)CC2)c1. The molecule has 0 saturated heterocycles. The fraction of sp³-hybridized carbons (Fsp3) is 0.407. The molecule has 2 aromatic rings. The van der Waals surface area contributed by atoms with Crippen LogP contribution in [-0.2, 0) is 16.1 Å². The highest BCUT2D eigenvalue weighted by atomic mass is 35.5. The predicted octanol–water partition coefficient (Wildman–Crippen LogP) is 5.37. The van der Waals surface area contributed by atoms with Crippen molar-refractivity contribution in [3.8, 4) is 0 Å². The maximum atomic E-state index is 14.1. The van der Waals surface area contributed by atoms with Gasteiger partial charge in [-0.2, -0.15) is 0 Å². The Labute approximate surface area is 218 Å². The van der Waals surface area contributed by atoms with E-state index in [1.165, 1.54) is 0 Å². The van der Waals surface area contributed by atoms with Crippen molar-refractivity contribution in [2.75, 3.05) is 13.1 Å². The number of hydrogen-bond donors (Lipinski definition) is 0. The van der Waals surface area contributed by atoms with E-state index in [9.17, 15) is 9.59 Å². The van der Waals surface area contributed by atoms with Crippen LogP contribution in [0, 0.1) is 0 Å². The lowest BCUT2D eigenvalue weighted by Crippen LogP contribution is -2.44. The normalized spacial score (nSPS) is 16.3. The van der Waals surface area contributed by atoms with Crippen molar-refractivity contribution in [1.29, 1.82) is 0 Å². The van der Waals surface area contributed by atoms with E-state index in [-0.39, 0.29) is 18.5 Å². The van der Waals surface area contributed by atoms with E-state index in [2.05, 4.69) is 0 Å². The van der Waals surface area contributed by atoms with Crippen molar-refractivity contribution < 1.29 is 14.3 Å². The molecule has 2 amide bonds. The van der Waals surface area contributed by atoms with Crippen molar-refractivity contribution in [1.82, 2.24) is 9.80 Å². The molecule has 0 atom stereocenters. The minimum Gasteiger partial charge on any atom is -0.444 e. The first-order valence-corrected chi connectivity index (χ1v) is 12.6. The molecule has 0 aromatic heterocycles. The summed E-state index contributed by atoms with van der Waals surface area (Å²) in [5, 5.41) is 0.914. The molecule has 8 heteroatoms. The molecule has 35 heavy (non-hydrogen) atoms. The van der Waals surface area contributed by atoms with Crippen LogP contribution >= 0.6 is 23.2 Å². The Kier molecular flexibility index (Phi) is 7.53. The van der Waals surface area contributed by atoms with Crippen LogP contribution in [0.25, 0.3) is 5.57 Å². The maximum absolute atomic E-state index is 14.1. The second kappa shape index (κ2) is 10.3. The second-order valence-corrected chi connectivity index (χ2v) is 10.9. The lowest BCUT2D eigenvalue weighted by Gasteiger charge is -2.34. The lowest BCUT2D eigenvalue weighted by atomic mass is 9.88. The number of ether oxygens (including phenoxy) is 1. The summed E-state index contributed by atoms with van der Waals surface area (Å²) < 4.78 is 5.60. The molecule has 2 aliphatic rings. The van der Waals surface area contributed by atoms with Gasteiger partial charge in [-0.3, -0.25) is 4.79 Å². The van der Waals surface area contributed by atoms with Crippen LogP contribution in [0.15, 0.2) is 48.0 Å². The van der Waals surface area contributed by atoms with Crippen LogP contribution in [0.3, 0.4) is 0 Å². The van der Waals surface area contributed by atoms with Gasteiger partial charge in [-0.05, 0) is 62.8 Å². The standard InChI is InChI=1S/C27H29BCl2N2O3/c1-27(2,3)35-26(34)31-13-12-21(17-6-4-8-19(28)14-17)22(16-31)25(33)32(20-10-11-20)15-18-7-5-9-23(29)24(18)30/h4-9,14,20H,10-13,15-16H2,1-3H3. The number of amides is 2. The number of carbonyl (C=O) groups excluding carboxylic acids is 2. The molecule has 4 rings (SSSR count). The quantitative estimate of drug-likeness (QED) is 0.508. The fourth-order valence-corrected chi connectivity index (χ4v) is 4.65. The third kappa shape index (κ3) is 6.23. The van der Waals surface area contributed by atoms with E-state index >= 15 is 0 Å². The van der Waals surface area contributed by atoms with Crippen LogP contribution in [0.2, 0.25) is 10.0 Å². The zero-order valence-corrected chi connectivity index (χ0v) is 21.8. The average Bonchev–Trinajstić information content (AvgIpc) is 3.63. The van der Waals surface area contributed by atoms with Crippen LogP contribution in [-0.4, -0.2) is 54.4 Å². The molecule has 1 fully saturated rings. The first-order chi connectivity index (χ1) is 16.5. The van der Waals surface area contributed by atoms with Gasteiger partial charge in [0.15, 0.2) is 0 Å². The topological polar surface area (TPSA) is 49.9 Å². The van der Waals surface area contributed by atoms with Crippen molar-refractivity contribution in [3.63, 3.8) is 0 Å². The molecule has 1 saturated carbocycles. The van der Waals surface area contributed by atoms with E-state index in [0.29, 0.717) is 40.6 Å². The molecule has 1 heterocycles. The summed E-state index contributed by atoms with van der Waals surface area (Å²) in [6.07, 6.45) is 1.96. The number of halogens is 2. The van der Waals surface area contributed by atoms with E-state index in [1.54, 1.807) is 11.0 Å². The molecule has 0 spiro atoms. The predicted molar refractivity (Wildman–Crippen MR) is 141 cm³/mol. The van der Waals surface area contributed by atoms with Gasteiger partial charge in [0.25, 0.3) is 5.91 Å². The smallest absolute Gasteiger partial charge is 0.410 e. The second-order valence-electron chi connectivity index (χ2n) is 10.1. The lowest BCUT2D eigenvalue weighted by molar-refractivity contribution is -0.128. The van der Waals surface area contributed by atoms with Gasteiger partial charge < -0.3 is 14.5 Å². The van der Waals surface area contributed by atoms with Gasteiger partial charge in [0.1, 0.15) is 13.4 Å². The Morgan fingerprint density at radius 1 is 1.14 bits per heavy atom. The summed E-state index contributed by atoms with van der Waals surface area (Å²) in [6, 6.07) is 13.1. The molecule has 0 unspecified atom stereocenters. The minimum absolute atomic E-state index is 0.103. The molecule has 2 radical (unpaired) electrons. The summed E-state index contributed by atoms with van der Waals surface area (Å²) in [6.45, 7) is 6.47. The Balaban J connectivity index is 1.70. The molecular formula is C27H29BCl2N2O3. The fourth-order valence-electron chi connectivity index (χ4n) is 4.27. The van der Waals surface area contributed by atoms with Gasteiger partial charge in [0, 0.05) is 24.7 Å². The van der Waals surface area contributed by atoms with Crippen LogP contribution in [0.1, 0.15) is 51.2 Å². The average molecular weight is 511 g/mol. The highest BCUT2D eigenvalue weighted by molar-refractivity contribution is 6.42. The number of benzene rings is 2. The zero-order chi connectivity index (χ0) is 25.3. The summed E-state index contributed by atoms with van der Waals surface area (Å²) in [5.74, 6) is -0.103. The number of hydrogen-bond acceptors (Lipinski definition) is 3. The monoisotopic (exact) mass is 510 g/mol. The summed E-state index contributed by atoms with van der Waals surface area (Å²) in [4.78, 5) is 30.4. The van der Waals surface area contributed by atoms with Gasteiger partial charge in [-0.1, -0.05) is 65.1 Å². The maximum Gasteiger partial charge on any atom is 0.410 e. The summed E-state index contributed by atoms with van der Waals surface area (Å²) >= 11 is 12.7. The van der Waals surface area contributed by atoms with Gasteiger partial charge >= 0.3 is 6.09 Å². The Hall–Kier alpha value is -2.44. The largest absolute Gasteiger partial charge is 0.444 e. The van der Waals surface area contributed by atoms with Gasteiger partial charge in [0.2, 0.25) is 0 Å². The van der Waals surface area contributed by atoms with Crippen LogP contribution in [0.4, 0.5) is 4.79 Å². The van der Waals surface area contributed by atoms with Gasteiger partial charge in [-0.15, -0.1) is 0 Å². The van der Waals surface area contributed by atoms with E-state index in [1.807, 2.05) is 62.1 Å².